The van der Waals surface area contributed by atoms with Gasteiger partial charge in [-0.1, -0.05) is 11.6 Å². The minimum absolute atomic E-state index is 0. The second-order valence-corrected chi connectivity index (χ2v) is 5.49. The van der Waals surface area contributed by atoms with Crippen LogP contribution in [0.2, 0.25) is 5.02 Å². The van der Waals surface area contributed by atoms with Crippen LogP contribution in [-0.4, -0.2) is 13.0 Å². The molecule has 0 heterocycles. The molecular formula is C7H5ClINaO3S. The summed E-state index contributed by atoms with van der Waals surface area (Å²) in [6, 6.07) is 4.89. The predicted octanol–water partition coefficient (Wildman–Crippen LogP) is -1.01. The second kappa shape index (κ2) is 6.03. The van der Waals surface area contributed by atoms with E-state index >= 15 is 0 Å². The normalized spacial score (nSPS) is 10.8. The number of halogens is 2. The third-order valence-electron chi connectivity index (χ3n) is 1.34. The number of benzene rings is 1. The van der Waals surface area contributed by atoms with Gasteiger partial charge in [-0.3, -0.25) is 0 Å². The van der Waals surface area contributed by atoms with Crippen molar-refractivity contribution in [2.45, 2.75) is 5.75 Å². The first-order valence-electron chi connectivity index (χ1n) is 3.26. The Morgan fingerprint density at radius 1 is 1.43 bits per heavy atom. The molecule has 0 aliphatic carbocycles. The fourth-order valence-electron chi connectivity index (χ4n) is 0.844. The standard InChI is InChI=1S/C7H6ClIO3S.Na/c8-7-2-1-6(9)3-5(7)4-13(10,11)12;/h1-3H,4H2,(H,10,11,12);/q;+1/p-1. The largest absolute Gasteiger partial charge is 1.00 e. The van der Waals surface area contributed by atoms with Crippen LogP contribution in [0.5, 0.6) is 0 Å². The van der Waals surface area contributed by atoms with Crippen molar-refractivity contribution < 1.29 is 42.5 Å². The van der Waals surface area contributed by atoms with Gasteiger partial charge < -0.3 is 4.55 Å². The van der Waals surface area contributed by atoms with Crippen LogP contribution in [0.1, 0.15) is 5.56 Å². The SMILES string of the molecule is O=S(=O)([O-])Cc1cc(I)ccc1Cl.[Na+]. The Hall–Kier alpha value is 1.15. The quantitative estimate of drug-likeness (QED) is 0.389. The minimum Gasteiger partial charge on any atom is -0.748 e. The molecule has 0 saturated carbocycles. The summed E-state index contributed by atoms with van der Waals surface area (Å²) in [6.07, 6.45) is 0. The number of hydrogen-bond donors (Lipinski definition) is 0. The van der Waals surface area contributed by atoms with E-state index in [1.807, 2.05) is 22.6 Å². The average molecular weight is 355 g/mol. The molecule has 0 saturated heterocycles. The van der Waals surface area contributed by atoms with E-state index in [2.05, 4.69) is 0 Å². The maximum atomic E-state index is 10.4. The van der Waals surface area contributed by atoms with E-state index in [1.165, 1.54) is 0 Å². The number of hydrogen-bond acceptors (Lipinski definition) is 3. The van der Waals surface area contributed by atoms with Crippen LogP contribution in [0.4, 0.5) is 0 Å². The van der Waals surface area contributed by atoms with E-state index < -0.39 is 15.9 Å². The molecule has 0 N–H and O–H groups in total. The van der Waals surface area contributed by atoms with Gasteiger partial charge in [0.2, 0.25) is 0 Å². The maximum absolute atomic E-state index is 10.4. The summed E-state index contributed by atoms with van der Waals surface area (Å²) in [5, 5.41) is 0.305. The van der Waals surface area contributed by atoms with Crippen molar-refractivity contribution in [3.05, 3.63) is 32.4 Å². The van der Waals surface area contributed by atoms with Gasteiger partial charge in [-0.25, -0.2) is 8.42 Å². The molecule has 1 rings (SSSR count). The van der Waals surface area contributed by atoms with Gasteiger partial charge in [0.25, 0.3) is 0 Å². The van der Waals surface area contributed by atoms with Gasteiger partial charge in [0.1, 0.15) is 0 Å². The van der Waals surface area contributed by atoms with Gasteiger partial charge in [-0.15, -0.1) is 0 Å². The van der Waals surface area contributed by atoms with E-state index in [0.717, 1.165) is 3.57 Å². The van der Waals surface area contributed by atoms with Crippen molar-refractivity contribution in [1.82, 2.24) is 0 Å². The Bertz CT molecular complexity index is 421. The molecule has 0 aliphatic heterocycles. The van der Waals surface area contributed by atoms with Gasteiger partial charge in [-0.05, 0) is 46.4 Å². The molecule has 0 aromatic heterocycles. The minimum atomic E-state index is -4.25. The molecule has 0 spiro atoms. The molecule has 7 heteroatoms. The van der Waals surface area contributed by atoms with E-state index in [4.69, 9.17) is 11.6 Å². The first-order chi connectivity index (χ1) is 5.88. The molecular weight excluding hydrogens is 349 g/mol. The number of rotatable bonds is 2. The molecule has 0 unspecified atom stereocenters. The summed E-state index contributed by atoms with van der Waals surface area (Å²) in [6.45, 7) is 0. The van der Waals surface area contributed by atoms with Crippen LogP contribution in [0, 0.1) is 3.57 Å². The van der Waals surface area contributed by atoms with E-state index in [9.17, 15) is 13.0 Å². The first-order valence-corrected chi connectivity index (χ1v) is 6.29. The van der Waals surface area contributed by atoms with Crippen LogP contribution in [0.15, 0.2) is 18.2 Å². The summed E-state index contributed by atoms with van der Waals surface area (Å²) in [5.41, 5.74) is 0.351. The van der Waals surface area contributed by atoms with Crippen LogP contribution < -0.4 is 29.6 Å². The summed E-state index contributed by atoms with van der Waals surface area (Å²) in [4.78, 5) is 0. The molecule has 0 radical (unpaired) electrons. The molecule has 14 heavy (non-hydrogen) atoms. The molecule has 0 bridgehead atoms. The zero-order chi connectivity index (χ0) is 10.1. The van der Waals surface area contributed by atoms with E-state index in [-0.39, 0.29) is 29.6 Å². The fourth-order valence-corrected chi connectivity index (χ4v) is 2.28. The van der Waals surface area contributed by atoms with E-state index in [1.54, 1.807) is 18.2 Å². The Balaban J connectivity index is 0.00000169. The topological polar surface area (TPSA) is 57.2 Å². The Kier molecular flexibility index (Phi) is 6.52. The second-order valence-electron chi connectivity index (χ2n) is 2.44. The summed E-state index contributed by atoms with van der Waals surface area (Å²) >= 11 is 7.71. The Morgan fingerprint density at radius 2 is 2.00 bits per heavy atom. The predicted molar refractivity (Wildman–Crippen MR) is 57.6 cm³/mol. The summed E-state index contributed by atoms with van der Waals surface area (Å²) < 4.78 is 32.2. The van der Waals surface area contributed by atoms with Gasteiger partial charge in [0.05, 0.1) is 15.9 Å². The Labute approximate surface area is 123 Å². The average Bonchev–Trinajstić information content (AvgIpc) is 1.94. The zero-order valence-corrected chi connectivity index (χ0v) is 13.1. The van der Waals surface area contributed by atoms with Gasteiger partial charge in [-0.2, -0.15) is 0 Å². The van der Waals surface area contributed by atoms with Gasteiger partial charge in [0.15, 0.2) is 0 Å². The molecule has 3 nitrogen and oxygen atoms in total. The van der Waals surface area contributed by atoms with Crippen molar-refractivity contribution in [3.8, 4) is 0 Å². The van der Waals surface area contributed by atoms with Gasteiger partial charge >= 0.3 is 29.6 Å². The van der Waals surface area contributed by atoms with Crippen LogP contribution in [0.25, 0.3) is 0 Å². The van der Waals surface area contributed by atoms with Gasteiger partial charge in [0, 0.05) is 8.59 Å². The van der Waals surface area contributed by atoms with Crippen molar-refractivity contribution in [1.29, 1.82) is 0 Å². The first kappa shape index (κ1) is 15.2. The van der Waals surface area contributed by atoms with Crippen molar-refractivity contribution in [2.75, 3.05) is 0 Å². The van der Waals surface area contributed by atoms with Crippen molar-refractivity contribution >= 4 is 44.3 Å². The smallest absolute Gasteiger partial charge is 0.748 e. The molecule has 0 fully saturated rings. The van der Waals surface area contributed by atoms with Crippen molar-refractivity contribution in [2.24, 2.45) is 0 Å². The Morgan fingerprint density at radius 3 is 2.50 bits per heavy atom. The van der Waals surface area contributed by atoms with Crippen LogP contribution >= 0.6 is 34.2 Å². The van der Waals surface area contributed by atoms with Crippen molar-refractivity contribution in [3.63, 3.8) is 0 Å². The third-order valence-corrected chi connectivity index (χ3v) is 3.04. The molecule has 1 aromatic carbocycles. The molecule has 0 aliphatic rings. The molecule has 72 valence electrons. The molecule has 0 atom stereocenters. The monoisotopic (exact) mass is 354 g/mol. The zero-order valence-electron chi connectivity index (χ0n) is 7.33. The van der Waals surface area contributed by atoms with Crippen LogP contribution in [0.3, 0.4) is 0 Å². The fraction of sp³-hybridized carbons (Fsp3) is 0.143. The third kappa shape index (κ3) is 5.29. The van der Waals surface area contributed by atoms with E-state index in [0.29, 0.717) is 10.6 Å². The molecule has 1 aromatic rings. The summed E-state index contributed by atoms with van der Waals surface area (Å²) in [7, 11) is -4.25. The molecule has 0 amide bonds. The summed E-state index contributed by atoms with van der Waals surface area (Å²) in [5.74, 6) is -0.553. The van der Waals surface area contributed by atoms with Crippen LogP contribution in [-0.2, 0) is 15.9 Å². The maximum Gasteiger partial charge on any atom is 1.00 e.